The molecule has 1 fully saturated rings. The fraction of sp³-hybridized carbons (Fsp3) is 0.267. The number of aromatic nitrogens is 1. The van der Waals surface area contributed by atoms with Crippen LogP contribution in [0.3, 0.4) is 0 Å². The molecule has 0 aliphatic heterocycles. The third-order valence-electron chi connectivity index (χ3n) is 3.42. The quantitative estimate of drug-likeness (QED) is 0.943. The summed E-state index contributed by atoms with van der Waals surface area (Å²) < 4.78 is 0. The minimum Gasteiger partial charge on any atom is -0.335 e. The highest BCUT2D eigenvalue weighted by atomic mass is 35.5. The van der Waals surface area contributed by atoms with E-state index in [1.165, 1.54) is 0 Å². The van der Waals surface area contributed by atoms with E-state index in [0.29, 0.717) is 10.5 Å². The number of para-hydroxylation sites is 1. The van der Waals surface area contributed by atoms with Crippen LogP contribution in [0.25, 0.3) is 10.9 Å². The second kappa shape index (κ2) is 5.10. The number of amides is 1. The molecule has 100 valence electrons. The summed E-state index contributed by atoms with van der Waals surface area (Å²) in [7, 11) is 0. The first kappa shape index (κ1) is 12.9. The van der Waals surface area contributed by atoms with Crippen LogP contribution < -0.4 is 5.32 Å². The zero-order chi connectivity index (χ0) is 14.1. The molecular formula is C15H12ClN3O. The lowest BCUT2D eigenvalue weighted by molar-refractivity contribution is 0.0937. The predicted octanol–water partition coefficient (Wildman–Crippen LogP) is 2.92. The second-order valence-corrected chi connectivity index (χ2v) is 5.33. The monoisotopic (exact) mass is 285 g/mol. The summed E-state index contributed by atoms with van der Waals surface area (Å²) in [6.45, 7) is 0. The molecular weight excluding hydrogens is 274 g/mol. The van der Waals surface area contributed by atoms with E-state index in [2.05, 4.69) is 16.4 Å². The molecule has 1 aliphatic carbocycles. The van der Waals surface area contributed by atoms with Crippen molar-refractivity contribution in [1.82, 2.24) is 10.3 Å². The molecule has 1 aromatic heterocycles. The maximum atomic E-state index is 12.2. The zero-order valence-corrected chi connectivity index (χ0v) is 11.4. The van der Waals surface area contributed by atoms with Crippen molar-refractivity contribution < 1.29 is 4.79 Å². The molecule has 1 N–H and O–H groups in total. The van der Waals surface area contributed by atoms with Gasteiger partial charge in [0.25, 0.3) is 5.91 Å². The Morgan fingerprint density at radius 2 is 2.20 bits per heavy atom. The van der Waals surface area contributed by atoms with Crippen LogP contribution in [0.5, 0.6) is 0 Å². The van der Waals surface area contributed by atoms with E-state index in [1.807, 2.05) is 18.2 Å². The lowest BCUT2D eigenvalue weighted by Gasteiger charge is -2.10. The van der Waals surface area contributed by atoms with E-state index < -0.39 is 6.04 Å². The molecule has 0 saturated heterocycles. The van der Waals surface area contributed by atoms with Crippen LogP contribution in [0.15, 0.2) is 30.3 Å². The molecule has 1 saturated carbocycles. The Labute approximate surface area is 121 Å². The van der Waals surface area contributed by atoms with Gasteiger partial charge in [0.2, 0.25) is 0 Å². The maximum absolute atomic E-state index is 12.2. The summed E-state index contributed by atoms with van der Waals surface area (Å²) >= 11 is 6.17. The van der Waals surface area contributed by atoms with Gasteiger partial charge >= 0.3 is 0 Å². The topological polar surface area (TPSA) is 65.8 Å². The van der Waals surface area contributed by atoms with Crippen molar-refractivity contribution in [3.63, 3.8) is 0 Å². The Bertz CT molecular complexity index is 719. The number of nitrogens with one attached hydrogen (secondary N) is 1. The molecule has 0 spiro atoms. The average Bonchev–Trinajstić information content (AvgIpc) is 3.29. The van der Waals surface area contributed by atoms with Gasteiger partial charge in [-0.05, 0) is 30.9 Å². The van der Waals surface area contributed by atoms with Crippen LogP contribution in [0, 0.1) is 17.2 Å². The minimum atomic E-state index is -0.436. The van der Waals surface area contributed by atoms with Gasteiger partial charge in [0.1, 0.15) is 11.7 Å². The molecule has 4 nitrogen and oxygen atoms in total. The molecule has 0 bridgehead atoms. The Balaban J connectivity index is 1.89. The lowest BCUT2D eigenvalue weighted by atomic mass is 10.1. The Morgan fingerprint density at radius 1 is 1.45 bits per heavy atom. The molecule has 2 aromatic rings. The van der Waals surface area contributed by atoms with E-state index in [9.17, 15) is 4.79 Å². The number of nitrogens with zero attached hydrogens (tertiary/aromatic N) is 2. The number of fused-ring (bicyclic) bond motifs is 1. The van der Waals surface area contributed by atoms with Crippen LogP contribution in [0.4, 0.5) is 0 Å². The highest BCUT2D eigenvalue weighted by Crippen LogP contribution is 2.32. The van der Waals surface area contributed by atoms with Crippen molar-refractivity contribution in [3.8, 4) is 6.07 Å². The molecule has 1 atom stereocenters. The molecule has 0 radical (unpaired) electrons. The lowest BCUT2D eigenvalue weighted by Crippen LogP contribution is -2.35. The second-order valence-electron chi connectivity index (χ2n) is 4.92. The number of carbonyl (C=O) groups excluding carboxylic acids is 1. The van der Waals surface area contributed by atoms with Crippen molar-refractivity contribution in [2.45, 2.75) is 18.9 Å². The van der Waals surface area contributed by atoms with Crippen LogP contribution in [-0.2, 0) is 0 Å². The van der Waals surface area contributed by atoms with Crippen LogP contribution >= 0.6 is 11.6 Å². The maximum Gasteiger partial charge on any atom is 0.270 e. The number of nitriles is 1. The van der Waals surface area contributed by atoms with Crippen molar-refractivity contribution in [3.05, 3.63) is 41.0 Å². The standard InChI is InChI=1S/C15H12ClN3O/c16-11-7-13(18-12-4-2-1-3-10(11)12)15(20)19-14(8-17)9-5-6-9/h1-4,7,9,14H,5-6H2,(H,19,20). The number of benzene rings is 1. The van der Waals surface area contributed by atoms with Crippen molar-refractivity contribution >= 4 is 28.4 Å². The van der Waals surface area contributed by atoms with Gasteiger partial charge in [-0.25, -0.2) is 4.98 Å². The van der Waals surface area contributed by atoms with Gasteiger partial charge in [-0.1, -0.05) is 29.8 Å². The summed E-state index contributed by atoms with van der Waals surface area (Å²) in [6, 6.07) is 10.6. The number of pyridine rings is 1. The summed E-state index contributed by atoms with van der Waals surface area (Å²) in [5, 5.41) is 13.1. The fourth-order valence-electron chi connectivity index (χ4n) is 2.15. The Kier molecular flexibility index (Phi) is 3.29. The first-order valence-electron chi connectivity index (χ1n) is 6.45. The van der Waals surface area contributed by atoms with Crippen LogP contribution in [-0.4, -0.2) is 16.9 Å². The molecule has 3 rings (SSSR count). The van der Waals surface area contributed by atoms with Crippen molar-refractivity contribution in [2.24, 2.45) is 5.92 Å². The molecule has 1 unspecified atom stereocenters. The van der Waals surface area contributed by atoms with Crippen molar-refractivity contribution in [1.29, 1.82) is 5.26 Å². The molecule has 1 aliphatic rings. The number of carbonyl (C=O) groups is 1. The third kappa shape index (κ3) is 2.45. The van der Waals surface area contributed by atoms with Gasteiger partial charge in [-0.15, -0.1) is 0 Å². The van der Waals surface area contributed by atoms with Gasteiger partial charge < -0.3 is 5.32 Å². The largest absolute Gasteiger partial charge is 0.335 e. The summed E-state index contributed by atoms with van der Waals surface area (Å²) in [5.41, 5.74) is 0.916. The Hall–Kier alpha value is -2.12. The molecule has 1 amide bonds. The van der Waals surface area contributed by atoms with Gasteiger partial charge in [0.05, 0.1) is 16.6 Å². The summed E-state index contributed by atoms with van der Waals surface area (Å²) in [6.07, 6.45) is 1.98. The van der Waals surface area contributed by atoms with E-state index in [1.54, 1.807) is 12.1 Å². The number of hydrogen-bond acceptors (Lipinski definition) is 3. The first-order valence-corrected chi connectivity index (χ1v) is 6.82. The highest BCUT2D eigenvalue weighted by molar-refractivity contribution is 6.35. The first-order chi connectivity index (χ1) is 9.69. The van der Waals surface area contributed by atoms with Crippen molar-refractivity contribution in [2.75, 3.05) is 0 Å². The summed E-state index contributed by atoms with van der Waals surface area (Å²) in [5.74, 6) is -0.0732. The SMILES string of the molecule is N#CC(NC(=O)c1cc(Cl)c2ccccc2n1)C1CC1. The van der Waals surface area contributed by atoms with E-state index in [-0.39, 0.29) is 17.5 Å². The number of hydrogen-bond donors (Lipinski definition) is 1. The average molecular weight is 286 g/mol. The van der Waals surface area contributed by atoms with Crippen LogP contribution in [0.2, 0.25) is 5.02 Å². The summed E-state index contributed by atoms with van der Waals surface area (Å²) in [4.78, 5) is 16.5. The van der Waals surface area contributed by atoms with E-state index in [4.69, 9.17) is 16.9 Å². The molecule has 20 heavy (non-hydrogen) atoms. The van der Waals surface area contributed by atoms with Gasteiger partial charge in [-0.2, -0.15) is 5.26 Å². The minimum absolute atomic E-state index is 0.245. The number of halogens is 1. The van der Waals surface area contributed by atoms with Crippen LogP contribution in [0.1, 0.15) is 23.3 Å². The smallest absolute Gasteiger partial charge is 0.270 e. The highest BCUT2D eigenvalue weighted by Gasteiger charge is 2.32. The fourth-order valence-corrected chi connectivity index (χ4v) is 2.41. The third-order valence-corrected chi connectivity index (χ3v) is 3.73. The zero-order valence-electron chi connectivity index (χ0n) is 10.6. The van der Waals surface area contributed by atoms with Gasteiger partial charge in [0, 0.05) is 5.39 Å². The predicted molar refractivity (Wildman–Crippen MR) is 76.3 cm³/mol. The van der Waals surface area contributed by atoms with E-state index >= 15 is 0 Å². The Morgan fingerprint density at radius 3 is 2.90 bits per heavy atom. The molecule has 1 aromatic carbocycles. The van der Waals surface area contributed by atoms with Gasteiger partial charge in [-0.3, -0.25) is 4.79 Å². The normalized spacial score (nSPS) is 15.6. The van der Waals surface area contributed by atoms with E-state index in [0.717, 1.165) is 18.2 Å². The van der Waals surface area contributed by atoms with Gasteiger partial charge in [0.15, 0.2) is 0 Å². The number of rotatable bonds is 3. The molecule has 1 heterocycles. The molecule has 5 heteroatoms.